The van der Waals surface area contributed by atoms with Crippen LogP contribution in [0.1, 0.15) is 49.3 Å². The van der Waals surface area contributed by atoms with Gasteiger partial charge in [0.1, 0.15) is 11.6 Å². The zero-order valence-corrected chi connectivity index (χ0v) is 18.5. The number of nitrogens with one attached hydrogen (secondary N) is 1. The summed E-state index contributed by atoms with van der Waals surface area (Å²) in [6.07, 6.45) is 1.69. The smallest absolute Gasteiger partial charge is 0.224 e. The van der Waals surface area contributed by atoms with Crippen LogP contribution in [0.4, 0.5) is 4.39 Å². The highest BCUT2D eigenvalue weighted by Crippen LogP contribution is 2.32. The van der Waals surface area contributed by atoms with Crippen molar-refractivity contribution >= 4 is 5.91 Å². The Morgan fingerprint density at radius 2 is 2.07 bits per heavy atom. The normalized spacial score (nSPS) is 20.6. The van der Waals surface area contributed by atoms with Crippen LogP contribution in [-0.2, 0) is 11.3 Å². The number of likely N-dealkylation sites (tertiary alicyclic amines) is 1. The Morgan fingerprint density at radius 1 is 1.27 bits per heavy atom. The largest absolute Gasteiger partial charge is 0.497 e. The third-order valence-corrected chi connectivity index (χ3v) is 6.09. The summed E-state index contributed by atoms with van der Waals surface area (Å²) >= 11 is 0. The van der Waals surface area contributed by atoms with E-state index in [0.29, 0.717) is 5.56 Å². The number of nitrogens with zero attached hydrogens (tertiary/aromatic N) is 1. The molecule has 2 aromatic rings. The molecule has 3 unspecified atom stereocenters. The van der Waals surface area contributed by atoms with Gasteiger partial charge in [-0.2, -0.15) is 0 Å². The maximum absolute atomic E-state index is 13.8. The van der Waals surface area contributed by atoms with E-state index in [0.717, 1.165) is 49.4 Å². The van der Waals surface area contributed by atoms with Crippen LogP contribution in [0.15, 0.2) is 42.5 Å². The monoisotopic (exact) mass is 412 g/mol. The number of hydrogen-bond donors (Lipinski definition) is 1. The SMILES string of the molecule is CCC(C)NC(=O)C1CC(c2ccc(F)c(C)c2)CN(Cc2cccc(OC)c2)C1. The number of hydrogen-bond acceptors (Lipinski definition) is 3. The second kappa shape index (κ2) is 10.1. The van der Waals surface area contributed by atoms with Crippen LogP contribution in [0.5, 0.6) is 5.75 Å². The number of amides is 1. The lowest BCUT2D eigenvalue weighted by Gasteiger charge is -2.38. The molecule has 1 saturated heterocycles. The van der Waals surface area contributed by atoms with Gasteiger partial charge in [0.2, 0.25) is 5.91 Å². The summed E-state index contributed by atoms with van der Waals surface area (Å²) in [6.45, 7) is 8.22. The van der Waals surface area contributed by atoms with Gasteiger partial charge >= 0.3 is 0 Å². The van der Waals surface area contributed by atoms with E-state index in [9.17, 15) is 9.18 Å². The predicted molar refractivity (Wildman–Crippen MR) is 118 cm³/mol. The van der Waals surface area contributed by atoms with Gasteiger partial charge in [0.15, 0.2) is 0 Å². The Hall–Kier alpha value is -2.40. The molecule has 0 aromatic heterocycles. The van der Waals surface area contributed by atoms with Crippen LogP contribution < -0.4 is 10.1 Å². The quantitative estimate of drug-likeness (QED) is 0.719. The van der Waals surface area contributed by atoms with Crippen molar-refractivity contribution in [3.05, 3.63) is 65.0 Å². The van der Waals surface area contributed by atoms with E-state index >= 15 is 0 Å². The molecule has 30 heavy (non-hydrogen) atoms. The van der Waals surface area contributed by atoms with Gasteiger partial charge in [-0.15, -0.1) is 0 Å². The summed E-state index contributed by atoms with van der Waals surface area (Å²) in [5.41, 5.74) is 2.91. The van der Waals surface area contributed by atoms with Crippen LogP contribution in [-0.4, -0.2) is 37.0 Å². The molecule has 3 rings (SSSR count). The summed E-state index contributed by atoms with van der Waals surface area (Å²) < 4.78 is 19.2. The van der Waals surface area contributed by atoms with Crippen molar-refractivity contribution in [2.45, 2.75) is 52.1 Å². The molecule has 1 N–H and O–H groups in total. The summed E-state index contributed by atoms with van der Waals surface area (Å²) in [5.74, 6) is 0.865. The fraction of sp³-hybridized carbons (Fsp3) is 0.480. The number of carbonyl (C=O) groups excluding carboxylic acids is 1. The van der Waals surface area contributed by atoms with E-state index in [1.54, 1.807) is 20.1 Å². The maximum Gasteiger partial charge on any atom is 0.224 e. The van der Waals surface area contributed by atoms with Crippen LogP contribution in [0, 0.1) is 18.7 Å². The second-order valence-corrected chi connectivity index (χ2v) is 8.50. The summed E-state index contributed by atoms with van der Waals surface area (Å²) in [7, 11) is 1.67. The van der Waals surface area contributed by atoms with Crippen molar-refractivity contribution in [2.75, 3.05) is 20.2 Å². The van der Waals surface area contributed by atoms with Crippen molar-refractivity contribution in [2.24, 2.45) is 5.92 Å². The number of aryl methyl sites for hydroxylation is 1. The molecular weight excluding hydrogens is 379 g/mol. The number of carbonyl (C=O) groups is 1. The lowest BCUT2D eigenvalue weighted by Crippen LogP contribution is -2.47. The van der Waals surface area contributed by atoms with Crippen LogP contribution >= 0.6 is 0 Å². The maximum atomic E-state index is 13.8. The summed E-state index contributed by atoms with van der Waals surface area (Å²) in [6, 6.07) is 13.6. The minimum Gasteiger partial charge on any atom is -0.497 e. The number of piperidine rings is 1. The van der Waals surface area contributed by atoms with E-state index in [4.69, 9.17) is 4.74 Å². The van der Waals surface area contributed by atoms with E-state index < -0.39 is 0 Å². The topological polar surface area (TPSA) is 41.6 Å². The Labute approximate surface area is 179 Å². The highest BCUT2D eigenvalue weighted by atomic mass is 19.1. The first-order chi connectivity index (χ1) is 14.4. The second-order valence-electron chi connectivity index (χ2n) is 8.50. The summed E-state index contributed by atoms with van der Waals surface area (Å²) in [5, 5.41) is 3.15. The Bertz CT molecular complexity index is 870. The number of benzene rings is 2. The molecule has 2 aromatic carbocycles. The van der Waals surface area contributed by atoms with Crippen LogP contribution in [0.3, 0.4) is 0 Å². The predicted octanol–water partition coefficient (Wildman–Crippen LogP) is 4.66. The molecule has 4 nitrogen and oxygen atoms in total. The first-order valence-electron chi connectivity index (χ1n) is 10.8. The zero-order chi connectivity index (χ0) is 21.7. The fourth-order valence-electron chi connectivity index (χ4n) is 4.16. The number of rotatable bonds is 7. The molecule has 0 spiro atoms. The molecule has 1 amide bonds. The van der Waals surface area contributed by atoms with E-state index in [1.165, 1.54) is 0 Å². The number of halogens is 1. The van der Waals surface area contributed by atoms with Gasteiger partial charge in [-0.05, 0) is 67.5 Å². The molecule has 1 fully saturated rings. The molecular formula is C25H33FN2O2. The molecule has 3 atom stereocenters. The average Bonchev–Trinajstić information content (AvgIpc) is 2.75. The number of ether oxygens (including phenoxy) is 1. The molecule has 0 bridgehead atoms. The summed E-state index contributed by atoms with van der Waals surface area (Å²) in [4.78, 5) is 15.3. The number of methoxy groups -OCH3 is 1. The Kier molecular flexibility index (Phi) is 7.48. The van der Waals surface area contributed by atoms with E-state index in [-0.39, 0.29) is 29.6 Å². The average molecular weight is 413 g/mol. The third-order valence-electron chi connectivity index (χ3n) is 6.09. The van der Waals surface area contributed by atoms with Crippen LogP contribution in [0.25, 0.3) is 0 Å². The standard InChI is InChI=1S/C25H33FN2O2/c1-5-18(3)27-25(29)22-13-21(20-9-10-24(26)17(2)11-20)15-28(16-22)14-19-7-6-8-23(12-19)30-4/h6-12,18,21-22H,5,13-16H2,1-4H3,(H,27,29). The zero-order valence-electron chi connectivity index (χ0n) is 18.5. The van der Waals surface area contributed by atoms with Crippen molar-refractivity contribution in [3.63, 3.8) is 0 Å². The third kappa shape index (κ3) is 5.60. The molecule has 0 saturated carbocycles. The van der Waals surface area contributed by atoms with Crippen molar-refractivity contribution in [1.82, 2.24) is 10.2 Å². The molecule has 1 aliphatic heterocycles. The minimum atomic E-state index is -0.186. The molecule has 162 valence electrons. The van der Waals surface area contributed by atoms with Gasteiger partial charge in [-0.25, -0.2) is 4.39 Å². The van der Waals surface area contributed by atoms with Gasteiger partial charge < -0.3 is 10.1 Å². The first-order valence-corrected chi connectivity index (χ1v) is 10.8. The first kappa shape index (κ1) is 22.3. The Morgan fingerprint density at radius 3 is 2.77 bits per heavy atom. The molecule has 5 heteroatoms. The van der Waals surface area contributed by atoms with E-state index in [2.05, 4.69) is 23.2 Å². The lowest BCUT2D eigenvalue weighted by atomic mass is 9.83. The van der Waals surface area contributed by atoms with Crippen molar-refractivity contribution < 1.29 is 13.9 Å². The molecule has 0 aliphatic carbocycles. The fourth-order valence-corrected chi connectivity index (χ4v) is 4.16. The lowest BCUT2D eigenvalue weighted by molar-refractivity contribution is -0.127. The molecule has 1 heterocycles. The molecule has 1 aliphatic rings. The van der Waals surface area contributed by atoms with Gasteiger partial charge in [0.25, 0.3) is 0 Å². The van der Waals surface area contributed by atoms with Gasteiger partial charge in [0, 0.05) is 25.7 Å². The highest BCUT2D eigenvalue weighted by molar-refractivity contribution is 5.79. The van der Waals surface area contributed by atoms with Gasteiger partial charge in [0.05, 0.1) is 13.0 Å². The van der Waals surface area contributed by atoms with E-state index in [1.807, 2.05) is 37.3 Å². The Balaban J connectivity index is 1.82. The van der Waals surface area contributed by atoms with Gasteiger partial charge in [-0.1, -0.05) is 31.2 Å². The minimum absolute atomic E-state index is 0.0892. The highest BCUT2D eigenvalue weighted by Gasteiger charge is 2.33. The van der Waals surface area contributed by atoms with Crippen molar-refractivity contribution in [1.29, 1.82) is 0 Å². The van der Waals surface area contributed by atoms with Crippen LogP contribution in [0.2, 0.25) is 0 Å². The van der Waals surface area contributed by atoms with Crippen molar-refractivity contribution in [3.8, 4) is 5.75 Å². The molecule has 0 radical (unpaired) electrons. The van der Waals surface area contributed by atoms with Gasteiger partial charge in [-0.3, -0.25) is 9.69 Å².